The van der Waals surface area contributed by atoms with E-state index in [0.29, 0.717) is 10.2 Å². The van der Waals surface area contributed by atoms with Gasteiger partial charge in [-0.05, 0) is 17.7 Å². The van der Waals surface area contributed by atoms with Crippen LogP contribution in [0.1, 0.15) is 5.56 Å². The van der Waals surface area contributed by atoms with Gasteiger partial charge in [-0.3, -0.25) is 14.5 Å². The summed E-state index contributed by atoms with van der Waals surface area (Å²) in [7, 11) is 0. The van der Waals surface area contributed by atoms with Crippen molar-refractivity contribution < 1.29 is 29.0 Å². The quantitative estimate of drug-likeness (QED) is 0.222. The van der Waals surface area contributed by atoms with Crippen LogP contribution in [0.4, 0.5) is 0 Å². The number of halogens is 1. The topological polar surface area (TPSA) is 105 Å². The molecule has 1 aliphatic rings. The molecule has 1 saturated heterocycles. The molecule has 2 amide bonds. The standard InChI is InChI=1S/C21H21IN2O6/c22-11-16-18(23-17(25)13-29-15-9-5-2-6-10-15)19(26)24(16)20(27)21(28)30-12-14-7-3-1-4-8-14/h1-10,16,18,20,27H,11-13H2,(H,23,25). The number of likely N-dealkylation sites (tertiary alicyclic amines) is 1. The fraction of sp³-hybridized carbons (Fsp3) is 0.286. The normalized spacial score (nSPS) is 18.9. The van der Waals surface area contributed by atoms with E-state index in [1.165, 1.54) is 0 Å². The van der Waals surface area contributed by atoms with Crippen molar-refractivity contribution in [2.45, 2.75) is 24.9 Å². The molecule has 0 spiro atoms. The number of hydrogen-bond acceptors (Lipinski definition) is 6. The first-order valence-electron chi connectivity index (χ1n) is 9.25. The van der Waals surface area contributed by atoms with Crippen LogP contribution in [0.5, 0.6) is 5.75 Å². The van der Waals surface area contributed by atoms with Gasteiger partial charge in [-0.2, -0.15) is 0 Å². The van der Waals surface area contributed by atoms with Gasteiger partial charge in [0.15, 0.2) is 6.61 Å². The minimum atomic E-state index is -1.73. The molecule has 2 aromatic carbocycles. The van der Waals surface area contributed by atoms with Crippen LogP contribution in [0.3, 0.4) is 0 Å². The fourth-order valence-corrected chi connectivity index (χ4v) is 3.92. The molecule has 0 saturated carbocycles. The van der Waals surface area contributed by atoms with E-state index >= 15 is 0 Å². The second-order valence-electron chi connectivity index (χ2n) is 6.58. The van der Waals surface area contributed by atoms with Crippen LogP contribution >= 0.6 is 22.6 Å². The molecular weight excluding hydrogens is 503 g/mol. The molecule has 0 bridgehead atoms. The average molecular weight is 524 g/mol. The lowest BCUT2D eigenvalue weighted by molar-refractivity contribution is -0.186. The van der Waals surface area contributed by atoms with E-state index in [0.717, 1.165) is 10.5 Å². The number of para-hydroxylation sites is 1. The van der Waals surface area contributed by atoms with Crippen LogP contribution in [0, 0.1) is 0 Å². The van der Waals surface area contributed by atoms with E-state index in [-0.39, 0.29) is 13.2 Å². The number of benzene rings is 2. The zero-order chi connectivity index (χ0) is 21.5. The van der Waals surface area contributed by atoms with Gasteiger partial charge in [0, 0.05) is 4.43 Å². The zero-order valence-electron chi connectivity index (χ0n) is 15.9. The average Bonchev–Trinajstić information content (AvgIpc) is 2.78. The first-order chi connectivity index (χ1) is 14.5. The van der Waals surface area contributed by atoms with Crippen LogP contribution in [0.2, 0.25) is 0 Å². The number of amides is 2. The van der Waals surface area contributed by atoms with Crippen LogP contribution < -0.4 is 10.1 Å². The minimum absolute atomic E-state index is 0.00927. The molecule has 30 heavy (non-hydrogen) atoms. The van der Waals surface area contributed by atoms with Crippen molar-refractivity contribution in [1.29, 1.82) is 0 Å². The minimum Gasteiger partial charge on any atom is -0.484 e. The highest BCUT2D eigenvalue weighted by molar-refractivity contribution is 14.1. The van der Waals surface area contributed by atoms with E-state index in [2.05, 4.69) is 5.32 Å². The molecule has 3 rings (SSSR count). The summed E-state index contributed by atoms with van der Waals surface area (Å²) in [5.41, 5.74) is 0.766. The number of carbonyl (C=O) groups is 3. The van der Waals surface area contributed by atoms with Gasteiger partial charge in [-0.1, -0.05) is 71.1 Å². The first kappa shape index (κ1) is 22.0. The summed E-state index contributed by atoms with van der Waals surface area (Å²) in [6.07, 6.45) is -1.73. The summed E-state index contributed by atoms with van der Waals surface area (Å²) >= 11 is 2.03. The van der Waals surface area contributed by atoms with Crippen molar-refractivity contribution in [1.82, 2.24) is 10.2 Å². The van der Waals surface area contributed by atoms with Gasteiger partial charge in [-0.15, -0.1) is 0 Å². The Balaban J connectivity index is 1.50. The van der Waals surface area contributed by atoms with Crippen LogP contribution in [-0.4, -0.2) is 57.1 Å². The summed E-state index contributed by atoms with van der Waals surface area (Å²) in [5, 5.41) is 12.9. The summed E-state index contributed by atoms with van der Waals surface area (Å²) in [6.45, 7) is -0.256. The highest BCUT2D eigenvalue weighted by atomic mass is 127. The Kier molecular flexibility index (Phi) is 7.63. The largest absolute Gasteiger partial charge is 0.484 e. The number of hydrogen-bond donors (Lipinski definition) is 2. The number of aliphatic hydroxyl groups excluding tert-OH is 1. The van der Waals surface area contributed by atoms with Crippen LogP contribution in [0.15, 0.2) is 60.7 Å². The highest BCUT2D eigenvalue weighted by Crippen LogP contribution is 2.25. The molecular formula is C21H21IN2O6. The number of ether oxygens (including phenoxy) is 2. The number of carbonyl (C=O) groups excluding carboxylic acids is 3. The summed E-state index contributed by atoms with van der Waals surface area (Å²) in [6, 6.07) is 16.5. The van der Waals surface area contributed by atoms with Gasteiger partial charge in [0.1, 0.15) is 18.4 Å². The van der Waals surface area contributed by atoms with Crippen molar-refractivity contribution in [2.75, 3.05) is 11.0 Å². The second-order valence-corrected chi connectivity index (χ2v) is 7.46. The van der Waals surface area contributed by atoms with Crippen molar-refractivity contribution in [3.8, 4) is 5.75 Å². The molecule has 3 unspecified atom stereocenters. The van der Waals surface area contributed by atoms with Gasteiger partial charge < -0.3 is 19.9 Å². The van der Waals surface area contributed by atoms with E-state index in [9.17, 15) is 19.5 Å². The maximum Gasteiger partial charge on any atom is 0.356 e. The van der Waals surface area contributed by atoms with Gasteiger partial charge in [0.05, 0.1) is 6.04 Å². The predicted molar refractivity (Wildman–Crippen MR) is 116 cm³/mol. The highest BCUT2D eigenvalue weighted by Gasteiger charge is 2.52. The number of β-lactam (4-membered cyclic amide) rings is 1. The number of aliphatic hydroxyl groups is 1. The smallest absolute Gasteiger partial charge is 0.356 e. The van der Waals surface area contributed by atoms with Gasteiger partial charge >= 0.3 is 5.97 Å². The monoisotopic (exact) mass is 524 g/mol. The summed E-state index contributed by atoms with van der Waals surface area (Å²) in [5.74, 6) is -1.39. The molecule has 0 aromatic heterocycles. The third kappa shape index (κ3) is 5.28. The molecule has 0 radical (unpaired) electrons. The Morgan fingerprint density at radius 1 is 1.10 bits per heavy atom. The molecule has 158 valence electrons. The Hall–Kier alpha value is -2.66. The summed E-state index contributed by atoms with van der Waals surface area (Å²) in [4.78, 5) is 37.8. The van der Waals surface area contributed by atoms with E-state index in [4.69, 9.17) is 9.47 Å². The lowest BCUT2D eigenvalue weighted by Gasteiger charge is -2.47. The van der Waals surface area contributed by atoms with Gasteiger partial charge in [0.25, 0.3) is 5.91 Å². The molecule has 2 N–H and O–H groups in total. The van der Waals surface area contributed by atoms with Crippen LogP contribution in [-0.2, 0) is 25.7 Å². The molecule has 0 aliphatic carbocycles. The number of alkyl halides is 1. The Morgan fingerprint density at radius 2 is 1.73 bits per heavy atom. The van der Waals surface area contributed by atoms with Crippen molar-refractivity contribution >= 4 is 40.4 Å². The zero-order valence-corrected chi connectivity index (χ0v) is 18.1. The van der Waals surface area contributed by atoms with Crippen molar-refractivity contribution in [3.63, 3.8) is 0 Å². The van der Waals surface area contributed by atoms with E-state index in [1.54, 1.807) is 48.5 Å². The Labute approximate surface area is 187 Å². The predicted octanol–water partition coefficient (Wildman–Crippen LogP) is 1.26. The Bertz CT molecular complexity index is 880. The van der Waals surface area contributed by atoms with Gasteiger partial charge in [-0.25, -0.2) is 4.79 Å². The lowest BCUT2D eigenvalue weighted by atomic mass is 9.96. The lowest BCUT2D eigenvalue weighted by Crippen LogP contribution is -2.75. The van der Waals surface area contributed by atoms with E-state index < -0.39 is 36.1 Å². The second kappa shape index (κ2) is 10.4. The first-order valence-corrected chi connectivity index (χ1v) is 10.8. The van der Waals surface area contributed by atoms with Crippen LogP contribution in [0.25, 0.3) is 0 Å². The summed E-state index contributed by atoms with van der Waals surface area (Å²) < 4.78 is 10.9. The number of nitrogens with zero attached hydrogens (tertiary/aromatic N) is 1. The third-order valence-corrected chi connectivity index (χ3v) is 5.45. The molecule has 1 aliphatic heterocycles. The maximum absolute atomic E-state index is 12.5. The van der Waals surface area contributed by atoms with Gasteiger partial charge in [0.2, 0.25) is 12.1 Å². The molecule has 9 heteroatoms. The molecule has 1 fully saturated rings. The number of esters is 1. The Morgan fingerprint density at radius 3 is 2.37 bits per heavy atom. The van der Waals surface area contributed by atoms with Crippen molar-refractivity contribution in [3.05, 3.63) is 66.2 Å². The number of nitrogens with one attached hydrogen (secondary N) is 1. The third-order valence-electron chi connectivity index (χ3n) is 4.55. The molecule has 1 heterocycles. The molecule has 2 aromatic rings. The number of rotatable bonds is 9. The molecule has 8 nitrogen and oxygen atoms in total. The SMILES string of the molecule is O=C(COc1ccccc1)NC1C(=O)N(C(O)C(=O)OCc2ccccc2)C1CI. The van der Waals surface area contributed by atoms with Crippen molar-refractivity contribution in [2.24, 2.45) is 0 Å². The maximum atomic E-state index is 12.5. The molecule has 3 atom stereocenters. The fourth-order valence-electron chi connectivity index (χ4n) is 2.99. The van der Waals surface area contributed by atoms with E-state index in [1.807, 2.05) is 34.7 Å².